The first-order chi connectivity index (χ1) is 16.3. The molecule has 13 heteroatoms. The van der Waals surface area contributed by atoms with Gasteiger partial charge in [0.25, 0.3) is 0 Å². The predicted molar refractivity (Wildman–Crippen MR) is 122 cm³/mol. The van der Waals surface area contributed by atoms with Crippen LogP contribution in [0, 0.1) is 0 Å². The van der Waals surface area contributed by atoms with Crippen molar-refractivity contribution in [1.29, 1.82) is 0 Å². The first kappa shape index (κ1) is 31.7. The van der Waals surface area contributed by atoms with Gasteiger partial charge < -0.3 is 63.8 Å². The third-order valence-corrected chi connectivity index (χ3v) is 6.04. The maximum absolute atomic E-state index is 10.5. The molecule has 0 aromatic carbocycles. The van der Waals surface area contributed by atoms with Gasteiger partial charge in [-0.3, -0.25) is 0 Å². The Labute approximate surface area is 211 Å². The van der Waals surface area contributed by atoms with Crippen LogP contribution in [0.3, 0.4) is 0 Å². The summed E-state index contributed by atoms with van der Waals surface area (Å²) in [7, 11) is 1.71. The first-order valence-electron chi connectivity index (χ1n) is 11.9. The van der Waals surface area contributed by atoms with Gasteiger partial charge in [0.05, 0.1) is 25.4 Å². The topological polar surface area (TPSA) is 186 Å². The van der Waals surface area contributed by atoms with Crippen molar-refractivity contribution >= 4 is 0 Å². The lowest BCUT2D eigenvalue weighted by Gasteiger charge is -2.41. The van der Waals surface area contributed by atoms with Crippen LogP contribution in [0.2, 0.25) is 0 Å². The van der Waals surface area contributed by atoms with Gasteiger partial charge >= 0.3 is 0 Å². The van der Waals surface area contributed by atoms with Crippen molar-refractivity contribution in [2.24, 2.45) is 0 Å². The van der Waals surface area contributed by atoms with E-state index in [1.54, 1.807) is 21.0 Å². The molecule has 0 amide bonds. The third kappa shape index (κ3) is 7.53. The lowest BCUT2D eigenvalue weighted by atomic mass is 9.97. The van der Waals surface area contributed by atoms with Crippen molar-refractivity contribution < 1.29 is 63.8 Å². The Bertz CT molecular complexity index is 709. The van der Waals surface area contributed by atoms with Crippen LogP contribution in [-0.2, 0) is 33.2 Å². The number of ether oxygens (including phenoxy) is 7. The zero-order valence-electron chi connectivity index (χ0n) is 22.3. The van der Waals surface area contributed by atoms with Gasteiger partial charge in [-0.05, 0) is 48.5 Å². The van der Waals surface area contributed by atoms with E-state index in [0.717, 1.165) is 0 Å². The summed E-state index contributed by atoms with van der Waals surface area (Å²) >= 11 is 0. The highest BCUT2D eigenvalue weighted by molar-refractivity contribution is 5.00. The lowest BCUT2D eigenvalue weighted by Crippen LogP contribution is -2.62. The molecule has 0 aromatic heterocycles. The molecular formula is C23H44O13. The summed E-state index contributed by atoms with van der Waals surface area (Å²) in [6, 6.07) is 0. The van der Waals surface area contributed by atoms with Gasteiger partial charge in [-0.25, -0.2) is 0 Å². The van der Waals surface area contributed by atoms with Crippen molar-refractivity contribution in [1.82, 2.24) is 0 Å². The molecule has 1 spiro atoms. The molecule has 4 heterocycles. The Balaban J connectivity index is 0.000000219. The number of rotatable bonds is 1. The Morgan fingerprint density at radius 3 is 1.92 bits per heavy atom. The van der Waals surface area contributed by atoms with Gasteiger partial charge in [0.1, 0.15) is 43.2 Å². The van der Waals surface area contributed by atoms with Gasteiger partial charge in [-0.1, -0.05) is 0 Å². The zero-order chi connectivity index (χ0) is 27.7. The van der Waals surface area contributed by atoms with Crippen molar-refractivity contribution in [3.8, 4) is 0 Å². The molecule has 6 N–H and O–H groups in total. The molecule has 4 rings (SSSR count). The fourth-order valence-electron chi connectivity index (χ4n) is 3.81. The summed E-state index contributed by atoms with van der Waals surface area (Å²) in [5, 5.41) is 55.4. The van der Waals surface area contributed by atoms with Crippen molar-refractivity contribution in [2.45, 2.75) is 114 Å². The number of hydrogen-bond acceptors (Lipinski definition) is 13. The van der Waals surface area contributed by atoms with Crippen molar-refractivity contribution in [3.63, 3.8) is 0 Å². The van der Waals surface area contributed by atoms with Gasteiger partial charge in [0.2, 0.25) is 11.6 Å². The summed E-state index contributed by atoms with van der Waals surface area (Å²) in [5.74, 6) is -4.78. The average molecular weight is 529 g/mol. The monoisotopic (exact) mass is 528 g/mol. The van der Waals surface area contributed by atoms with Crippen LogP contribution in [0.1, 0.15) is 48.5 Å². The number of hydrogen-bond donors (Lipinski definition) is 6. The number of aliphatic hydroxyl groups is 6. The average Bonchev–Trinajstić information content (AvgIpc) is 3.28. The molecule has 0 aliphatic carbocycles. The molecule has 13 nitrogen and oxygen atoms in total. The van der Waals surface area contributed by atoms with Crippen LogP contribution in [-0.4, -0.2) is 130 Å². The van der Waals surface area contributed by atoms with E-state index in [4.69, 9.17) is 48.8 Å². The molecule has 8 atom stereocenters. The van der Waals surface area contributed by atoms with Crippen LogP contribution in [0.15, 0.2) is 0 Å². The molecule has 4 fully saturated rings. The highest BCUT2D eigenvalue weighted by atomic mass is 16.9. The normalized spacial score (nSPS) is 43.2. The Morgan fingerprint density at radius 2 is 1.44 bits per heavy atom. The van der Waals surface area contributed by atoms with Crippen molar-refractivity contribution in [2.75, 3.05) is 33.5 Å². The van der Waals surface area contributed by atoms with E-state index < -0.39 is 60.3 Å². The molecule has 4 aliphatic heterocycles. The second kappa shape index (κ2) is 11.3. The second-order valence-electron chi connectivity index (χ2n) is 11.1. The number of aliphatic hydroxyl groups excluding tert-OH is 5. The minimum absolute atomic E-state index is 0.0417. The van der Waals surface area contributed by atoms with E-state index in [-0.39, 0.29) is 24.9 Å². The summed E-state index contributed by atoms with van der Waals surface area (Å²) in [6.07, 6.45) is -6.10. The quantitative estimate of drug-likeness (QED) is 0.233. The Hall–Kier alpha value is -0.520. The van der Waals surface area contributed by atoms with Crippen LogP contribution in [0.25, 0.3) is 0 Å². The maximum atomic E-state index is 10.5. The van der Waals surface area contributed by atoms with E-state index in [1.165, 1.54) is 0 Å². The lowest BCUT2D eigenvalue weighted by molar-refractivity contribution is -0.331. The van der Waals surface area contributed by atoms with E-state index in [2.05, 4.69) is 4.74 Å². The maximum Gasteiger partial charge on any atom is 0.224 e. The van der Waals surface area contributed by atoms with Crippen LogP contribution in [0.5, 0.6) is 0 Å². The predicted octanol–water partition coefficient (Wildman–Crippen LogP) is -1.41. The van der Waals surface area contributed by atoms with Crippen LogP contribution >= 0.6 is 0 Å². The van der Waals surface area contributed by atoms with E-state index in [1.807, 2.05) is 34.6 Å². The molecule has 4 aliphatic rings. The fourth-order valence-corrected chi connectivity index (χ4v) is 3.81. The summed E-state index contributed by atoms with van der Waals surface area (Å²) in [5.41, 5.74) is 0.0417. The molecule has 0 radical (unpaired) electrons. The number of methoxy groups -OCH3 is 1. The van der Waals surface area contributed by atoms with Gasteiger partial charge in [0.15, 0.2) is 11.6 Å². The SMILES string of the molecule is CC1(C)O[C@@H]2[C@@H](COC3(COC(C)(C)O3)[C@H]2O)O1.COC(C)(C)C.OCC1(O)OC[C@@H](O)[C@@H](O)[C@@H]1O. The highest BCUT2D eigenvalue weighted by Gasteiger charge is 2.62. The Morgan fingerprint density at radius 1 is 0.861 bits per heavy atom. The minimum Gasteiger partial charge on any atom is -0.391 e. The van der Waals surface area contributed by atoms with E-state index in [0.29, 0.717) is 6.61 Å². The Kier molecular flexibility index (Phi) is 9.95. The van der Waals surface area contributed by atoms with Gasteiger partial charge in [0, 0.05) is 7.11 Å². The molecule has 0 aromatic rings. The van der Waals surface area contributed by atoms with Gasteiger partial charge in [-0.15, -0.1) is 0 Å². The van der Waals surface area contributed by atoms with E-state index in [9.17, 15) is 10.2 Å². The zero-order valence-corrected chi connectivity index (χ0v) is 22.3. The molecule has 4 saturated heterocycles. The molecule has 2 unspecified atom stereocenters. The third-order valence-electron chi connectivity index (χ3n) is 6.04. The first-order valence-corrected chi connectivity index (χ1v) is 11.9. The molecule has 214 valence electrons. The summed E-state index contributed by atoms with van der Waals surface area (Å²) in [4.78, 5) is 0. The minimum atomic E-state index is -2.17. The standard InChI is InChI=1S/C12H20O6.C6H12O6.C5H12O/c1-10(2)15-6-12(18-10)9(13)8-7(5-14-12)16-11(3,4)17-8;7-2-6(11)5(10)4(9)3(8)1-12-6;1-5(2,3)6-4/h7-9,13H,5-6H2,1-4H3;3-5,7-11H,1-2H2;1-4H3/t7-,8-,9+,12?;3-,4-,5+,6?;/m11./s1. The highest BCUT2D eigenvalue weighted by Crippen LogP contribution is 2.43. The molecule has 36 heavy (non-hydrogen) atoms. The van der Waals surface area contributed by atoms with Crippen molar-refractivity contribution in [3.05, 3.63) is 0 Å². The molecule has 0 bridgehead atoms. The van der Waals surface area contributed by atoms with Gasteiger partial charge in [-0.2, -0.15) is 0 Å². The summed E-state index contributed by atoms with van der Waals surface area (Å²) in [6.45, 7) is 12.6. The molecule has 0 saturated carbocycles. The smallest absolute Gasteiger partial charge is 0.224 e. The number of fused-ring (bicyclic) bond motifs is 1. The van der Waals surface area contributed by atoms with Crippen LogP contribution < -0.4 is 0 Å². The largest absolute Gasteiger partial charge is 0.391 e. The molecular weight excluding hydrogens is 484 g/mol. The van der Waals surface area contributed by atoms with E-state index >= 15 is 0 Å². The van der Waals surface area contributed by atoms with Crippen LogP contribution in [0.4, 0.5) is 0 Å². The second-order valence-corrected chi connectivity index (χ2v) is 11.1. The summed E-state index contributed by atoms with van der Waals surface area (Å²) < 4.78 is 37.8. The fraction of sp³-hybridized carbons (Fsp3) is 1.00.